The van der Waals surface area contributed by atoms with Gasteiger partial charge in [0.1, 0.15) is 0 Å². The van der Waals surface area contributed by atoms with Crippen molar-refractivity contribution in [3.63, 3.8) is 0 Å². The Kier molecular flexibility index (Phi) is 4.81. The van der Waals surface area contributed by atoms with Crippen LogP contribution in [0.2, 0.25) is 0 Å². The summed E-state index contributed by atoms with van der Waals surface area (Å²) in [5, 5.41) is 13.5. The van der Waals surface area contributed by atoms with Gasteiger partial charge in [-0.3, -0.25) is 9.48 Å². The third-order valence-electron chi connectivity index (χ3n) is 4.47. The fraction of sp³-hybridized carbons (Fsp3) is 0.733. The maximum Gasteiger partial charge on any atom is 0.222 e. The number of piperidine rings is 1. The highest BCUT2D eigenvalue weighted by Crippen LogP contribution is 2.19. The lowest BCUT2D eigenvalue weighted by atomic mass is 9.97. The molecule has 0 atom stereocenters. The van der Waals surface area contributed by atoms with Crippen LogP contribution in [0.3, 0.4) is 0 Å². The molecule has 1 aliphatic heterocycles. The zero-order chi connectivity index (χ0) is 14.7. The van der Waals surface area contributed by atoms with Gasteiger partial charge in [0.05, 0.1) is 5.69 Å². The summed E-state index contributed by atoms with van der Waals surface area (Å²) in [7, 11) is 1.94. The average molecular weight is 279 g/mol. The first kappa shape index (κ1) is 15.0. The fourth-order valence-electron chi connectivity index (χ4n) is 2.93. The molecule has 1 saturated heterocycles. The number of hydrogen-bond donors (Lipinski definition) is 1. The van der Waals surface area contributed by atoms with Crippen molar-refractivity contribution in [1.29, 1.82) is 0 Å². The van der Waals surface area contributed by atoms with Gasteiger partial charge in [0.25, 0.3) is 0 Å². The fourth-order valence-corrected chi connectivity index (χ4v) is 2.93. The SMILES string of the molecule is Cc1nn(C)c(C)c1CCC(=O)N1CCC(CO)CC1. The number of aryl methyl sites for hydroxylation is 2. The van der Waals surface area contributed by atoms with E-state index in [1.165, 1.54) is 5.56 Å². The second-order valence-corrected chi connectivity index (χ2v) is 5.78. The maximum atomic E-state index is 12.2. The van der Waals surface area contributed by atoms with Crippen molar-refractivity contribution in [3.05, 3.63) is 17.0 Å². The third-order valence-corrected chi connectivity index (χ3v) is 4.47. The minimum atomic E-state index is 0.226. The molecule has 5 nitrogen and oxygen atoms in total. The molecule has 1 N–H and O–H groups in total. The van der Waals surface area contributed by atoms with Crippen LogP contribution in [0.25, 0.3) is 0 Å². The van der Waals surface area contributed by atoms with Crippen molar-refractivity contribution >= 4 is 5.91 Å². The molecule has 0 saturated carbocycles. The summed E-state index contributed by atoms with van der Waals surface area (Å²) < 4.78 is 1.88. The van der Waals surface area contributed by atoms with Crippen LogP contribution in [0.5, 0.6) is 0 Å². The molecule has 0 spiro atoms. The van der Waals surface area contributed by atoms with Crippen molar-refractivity contribution in [2.75, 3.05) is 19.7 Å². The predicted molar refractivity (Wildman–Crippen MR) is 77.4 cm³/mol. The summed E-state index contributed by atoms with van der Waals surface area (Å²) in [5.74, 6) is 0.603. The first-order chi connectivity index (χ1) is 9.52. The monoisotopic (exact) mass is 279 g/mol. The highest BCUT2D eigenvalue weighted by molar-refractivity contribution is 5.76. The molecule has 1 aliphatic rings. The number of aliphatic hydroxyl groups is 1. The van der Waals surface area contributed by atoms with Gasteiger partial charge < -0.3 is 10.0 Å². The van der Waals surface area contributed by atoms with Gasteiger partial charge in [0.15, 0.2) is 0 Å². The van der Waals surface area contributed by atoms with E-state index >= 15 is 0 Å². The number of hydrogen-bond acceptors (Lipinski definition) is 3. The lowest BCUT2D eigenvalue weighted by Crippen LogP contribution is -2.39. The largest absolute Gasteiger partial charge is 0.396 e. The van der Waals surface area contributed by atoms with Crippen LogP contribution in [0.15, 0.2) is 0 Å². The molecule has 1 aromatic rings. The summed E-state index contributed by atoms with van der Waals surface area (Å²) in [6, 6.07) is 0. The van der Waals surface area contributed by atoms with Crippen LogP contribution in [-0.4, -0.2) is 45.4 Å². The van der Waals surface area contributed by atoms with Crippen LogP contribution in [0.4, 0.5) is 0 Å². The number of nitrogens with zero attached hydrogens (tertiary/aromatic N) is 3. The zero-order valence-corrected chi connectivity index (χ0v) is 12.7. The molecular weight excluding hydrogens is 254 g/mol. The second kappa shape index (κ2) is 6.39. The van der Waals surface area contributed by atoms with Gasteiger partial charge in [-0.2, -0.15) is 5.10 Å². The van der Waals surface area contributed by atoms with Crippen LogP contribution in [0, 0.1) is 19.8 Å². The van der Waals surface area contributed by atoms with Gasteiger partial charge in [0.2, 0.25) is 5.91 Å². The number of likely N-dealkylation sites (tertiary alicyclic amines) is 1. The zero-order valence-electron chi connectivity index (χ0n) is 12.7. The Labute approximate surface area is 120 Å². The normalized spacial score (nSPS) is 16.7. The first-order valence-corrected chi connectivity index (χ1v) is 7.40. The lowest BCUT2D eigenvalue weighted by molar-refractivity contribution is -0.132. The van der Waals surface area contributed by atoms with E-state index in [2.05, 4.69) is 5.10 Å². The van der Waals surface area contributed by atoms with Gasteiger partial charge in [-0.25, -0.2) is 0 Å². The van der Waals surface area contributed by atoms with E-state index < -0.39 is 0 Å². The number of carbonyl (C=O) groups is 1. The van der Waals surface area contributed by atoms with Gasteiger partial charge in [-0.1, -0.05) is 0 Å². The third kappa shape index (κ3) is 3.20. The number of aliphatic hydroxyl groups excluding tert-OH is 1. The molecule has 2 rings (SSSR count). The number of carbonyl (C=O) groups excluding carboxylic acids is 1. The Morgan fingerprint density at radius 1 is 1.35 bits per heavy atom. The molecule has 1 fully saturated rings. The molecule has 0 radical (unpaired) electrons. The van der Waals surface area contributed by atoms with E-state index in [1.807, 2.05) is 30.5 Å². The smallest absolute Gasteiger partial charge is 0.222 e. The number of rotatable bonds is 4. The summed E-state index contributed by atoms with van der Waals surface area (Å²) in [5.41, 5.74) is 3.37. The van der Waals surface area contributed by atoms with Crippen LogP contribution < -0.4 is 0 Å². The minimum Gasteiger partial charge on any atom is -0.396 e. The van der Waals surface area contributed by atoms with Gasteiger partial charge in [-0.05, 0) is 44.6 Å². The van der Waals surface area contributed by atoms with Crippen LogP contribution in [0.1, 0.15) is 36.2 Å². The predicted octanol–water partition coefficient (Wildman–Crippen LogP) is 1.20. The summed E-state index contributed by atoms with van der Waals surface area (Å²) >= 11 is 0. The quantitative estimate of drug-likeness (QED) is 0.901. The van der Waals surface area contributed by atoms with Gasteiger partial charge >= 0.3 is 0 Å². The van der Waals surface area contributed by atoms with E-state index in [9.17, 15) is 4.79 Å². The highest BCUT2D eigenvalue weighted by Gasteiger charge is 2.22. The van der Waals surface area contributed by atoms with Crippen LogP contribution >= 0.6 is 0 Å². The van der Waals surface area contributed by atoms with E-state index in [4.69, 9.17) is 5.11 Å². The maximum absolute atomic E-state index is 12.2. The molecule has 0 bridgehead atoms. The Morgan fingerprint density at radius 3 is 2.50 bits per heavy atom. The van der Waals surface area contributed by atoms with Crippen molar-refractivity contribution in [2.24, 2.45) is 13.0 Å². The Hall–Kier alpha value is -1.36. The topological polar surface area (TPSA) is 58.4 Å². The van der Waals surface area contributed by atoms with Crippen molar-refractivity contribution in [2.45, 2.75) is 39.5 Å². The van der Waals surface area contributed by atoms with Gasteiger partial charge in [0, 0.05) is 38.9 Å². The molecule has 1 aromatic heterocycles. The molecule has 0 aliphatic carbocycles. The molecule has 0 unspecified atom stereocenters. The van der Waals surface area contributed by atoms with Crippen LogP contribution in [-0.2, 0) is 18.3 Å². The molecule has 1 amide bonds. The van der Waals surface area contributed by atoms with E-state index in [1.54, 1.807) is 0 Å². The highest BCUT2D eigenvalue weighted by atomic mass is 16.3. The summed E-state index contributed by atoms with van der Waals surface area (Å²) in [6.45, 7) is 5.87. The minimum absolute atomic E-state index is 0.226. The van der Waals surface area contributed by atoms with Crippen molar-refractivity contribution in [3.8, 4) is 0 Å². The second-order valence-electron chi connectivity index (χ2n) is 5.78. The first-order valence-electron chi connectivity index (χ1n) is 7.40. The summed E-state index contributed by atoms with van der Waals surface area (Å²) in [6.07, 6.45) is 3.17. The Bertz CT molecular complexity index is 474. The van der Waals surface area contributed by atoms with Crippen molar-refractivity contribution in [1.82, 2.24) is 14.7 Å². The van der Waals surface area contributed by atoms with Crippen molar-refractivity contribution < 1.29 is 9.90 Å². The molecule has 0 aromatic carbocycles. The van der Waals surface area contributed by atoms with Gasteiger partial charge in [-0.15, -0.1) is 0 Å². The molecule has 112 valence electrons. The molecule has 5 heteroatoms. The van der Waals surface area contributed by atoms with E-state index in [0.717, 1.165) is 43.7 Å². The molecule has 20 heavy (non-hydrogen) atoms. The Balaban J connectivity index is 1.86. The molecular formula is C15H25N3O2. The summed E-state index contributed by atoms with van der Waals surface area (Å²) in [4.78, 5) is 14.2. The average Bonchev–Trinajstić information content (AvgIpc) is 2.70. The Morgan fingerprint density at radius 2 is 2.00 bits per heavy atom. The molecule has 2 heterocycles. The van der Waals surface area contributed by atoms with E-state index in [0.29, 0.717) is 12.3 Å². The standard InChI is InChI=1S/C15H25N3O2/c1-11-14(12(2)17(3)16-11)4-5-15(20)18-8-6-13(10-19)7-9-18/h13,19H,4-10H2,1-3H3. The van der Waals surface area contributed by atoms with E-state index in [-0.39, 0.29) is 12.5 Å². The number of aromatic nitrogens is 2. The lowest BCUT2D eigenvalue weighted by Gasteiger charge is -2.31. The number of amides is 1.